The van der Waals surface area contributed by atoms with Crippen LogP contribution >= 0.6 is 0 Å². The molecule has 0 aliphatic rings. The van der Waals surface area contributed by atoms with Gasteiger partial charge in [0.1, 0.15) is 0 Å². The van der Waals surface area contributed by atoms with Crippen molar-refractivity contribution in [2.75, 3.05) is 0 Å². The van der Waals surface area contributed by atoms with E-state index in [0.717, 1.165) is 16.5 Å². The molecule has 0 saturated carbocycles. The first-order valence-corrected chi connectivity index (χ1v) is 5.36. The predicted molar refractivity (Wildman–Crippen MR) is 66.1 cm³/mol. The maximum Gasteiger partial charge on any atom is 0.155 e. The number of aromatic nitrogens is 1. The molecular formula is C14H13NO. The molecule has 0 unspecified atom stereocenters. The number of carbonyl (C=O) groups excluding carboxylic acids is 1. The van der Waals surface area contributed by atoms with Crippen molar-refractivity contribution >= 4 is 22.8 Å². The molecule has 0 atom stereocenters. The highest BCUT2D eigenvalue weighted by Crippen LogP contribution is 2.17. The van der Waals surface area contributed by atoms with Gasteiger partial charge in [-0.15, -0.1) is 0 Å². The van der Waals surface area contributed by atoms with Gasteiger partial charge in [-0.2, -0.15) is 0 Å². The lowest BCUT2D eigenvalue weighted by atomic mass is 10.1. The summed E-state index contributed by atoms with van der Waals surface area (Å²) in [6.45, 7) is 1.86. The summed E-state index contributed by atoms with van der Waals surface area (Å²) in [7, 11) is 0. The van der Waals surface area contributed by atoms with Gasteiger partial charge >= 0.3 is 0 Å². The lowest BCUT2D eigenvalue weighted by molar-refractivity contribution is -0.114. The van der Waals surface area contributed by atoms with E-state index in [9.17, 15) is 4.79 Å². The van der Waals surface area contributed by atoms with Crippen LogP contribution in [-0.4, -0.2) is 10.8 Å². The van der Waals surface area contributed by atoms with Gasteiger partial charge in [0, 0.05) is 18.0 Å². The molecule has 2 nitrogen and oxygen atoms in total. The van der Waals surface area contributed by atoms with E-state index < -0.39 is 0 Å². The number of nitrogens with zero attached hydrogens (tertiary/aromatic N) is 1. The first-order chi connectivity index (χ1) is 7.81. The van der Waals surface area contributed by atoms with Gasteiger partial charge in [0.2, 0.25) is 0 Å². The zero-order valence-corrected chi connectivity index (χ0v) is 9.18. The number of hydrogen-bond acceptors (Lipinski definition) is 2. The van der Waals surface area contributed by atoms with Crippen LogP contribution in [0.2, 0.25) is 0 Å². The van der Waals surface area contributed by atoms with Crippen molar-refractivity contribution in [3.63, 3.8) is 0 Å². The van der Waals surface area contributed by atoms with Crippen LogP contribution in [0.4, 0.5) is 0 Å². The average molecular weight is 211 g/mol. The number of benzene rings is 1. The molecule has 16 heavy (non-hydrogen) atoms. The molecule has 80 valence electrons. The Labute approximate surface area is 94.6 Å². The van der Waals surface area contributed by atoms with E-state index in [-0.39, 0.29) is 5.78 Å². The molecule has 0 bridgehead atoms. The Bertz CT molecular complexity index is 538. The number of fused-ring (bicyclic) bond motifs is 1. The molecule has 0 amide bonds. The van der Waals surface area contributed by atoms with E-state index in [2.05, 4.69) is 4.98 Å². The van der Waals surface area contributed by atoms with Gasteiger partial charge in [-0.3, -0.25) is 9.78 Å². The first-order valence-electron chi connectivity index (χ1n) is 5.36. The molecule has 0 spiro atoms. The molecule has 2 aromatic rings. The van der Waals surface area contributed by atoms with E-state index >= 15 is 0 Å². The lowest BCUT2D eigenvalue weighted by Crippen LogP contribution is -1.87. The first kappa shape index (κ1) is 10.6. The largest absolute Gasteiger partial charge is 0.295 e. The highest BCUT2D eigenvalue weighted by Gasteiger charge is 1.98. The Morgan fingerprint density at radius 1 is 1.31 bits per heavy atom. The van der Waals surface area contributed by atoms with Crippen LogP contribution in [0.1, 0.15) is 18.9 Å². The molecule has 0 aliphatic heterocycles. The molecule has 1 heterocycles. The van der Waals surface area contributed by atoms with Gasteiger partial charge in [0.05, 0.1) is 5.52 Å². The van der Waals surface area contributed by atoms with Crippen molar-refractivity contribution in [1.29, 1.82) is 0 Å². The summed E-state index contributed by atoms with van der Waals surface area (Å²) < 4.78 is 0. The number of rotatable bonds is 3. The van der Waals surface area contributed by atoms with Gasteiger partial charge in [-0.05, 0) is 23.8 Å². The van der Waals surface area contributed by atoms with Crippen molar-refractivity contribution in [2.24, 2.45) is 0 Å². The molecule has 0 saturated heterocycles. The quantitative estimate of drug-likeness (QED) is 0.729. The zero-order valence-electron chi connectivity index (χ0n) is 9.18. The Balaban J connectivity index is 2.45. The monoisotopic (exact) mass is 211 g/mol. The van der Waals surface area contributed by atoms with Crippen molar-refractivity contribution in [3.05, 3.63) is 48.2 Å². The topological polar surface area (TPSA) is 30.0 Å². The molecule has 1 aromatic carbocycles. The van der Waals surface area contributed by atoms with Crippen molar-refractivity contribution in [3.8, 4) is 0 Å². The fraction of sp³-hybridized carbons (Fsp3) is 0.143. The molecule has 0 aliphatic carbocycles. The predicted octanol–water partition coefficient (Wildman–Crippen LogP) is 3.23. The Morgan fingerprint density at radius 2 is 2.12 bits per heavy atom. The fourth-order valence-corrected chi connectivity index (χ4v) is 1.56. The SMILES string of the molecule is CCC(=O)C=Cc1ccnc2ccccc12. The Morgan fingerprint density at radius 3 is 2.94 bits per heavy atom. The average Bonchev–Trinajstić information content (AvgIpc) is 2.35. The van der Waals surface area contributed by atoms with E-state index in [1.807, 2.05) is 43.3 Å². The Kier molecular flexibility index (Phi) is 3.10. The summed E-state index contributed by atoms with van der Waals surface area (Å²) in [6, 6.07) is 9.83. The van der Waals surface area contributed by atoms with Crippen LogP contribution in [0.25, 0.3) is 17.0 Å². The van der Waals surface area contributed by atoms with Crippen LogP contribution in [0, 0.1) is 0 Å². The number of para-hydroxylation sites is 1. The highest BCUT2D eigenvalue weighted by atomic mass is 16.1. The van der Waals surface area contributed by atoms with E-state index in [4.69, 9.17) is 0 Å². The number of pyridine rings is 1. The van der Waals surface area contributed by atoms with Crippen molar-refractivity contribution in [1.82, 2.24) is 4.98 Å². The van der Waals surface area contributed by atoms with Crippen LogP contribution < -0.4 is 0 Å². The molecule has 1 aromatic heterocycles. The van der Waals surface area contributed by atoms with Gasteiger partial charge in [0.25, 0.3) is 0 Å². The fourth-order valence-electron chi connectivity index (χ4n) is 1.56. The zero-order chi connectivity index (χ0) is 11.4. The van der Waals surface area contributed by atoms with Crippen molar-refractivity contribution in [2.45, 2.75) is 13.3 Å². The van der Waals surface area contributed by atoms with Crippen molar-refractivity contribution < 1.29 is 4.79 Å². The second-order valence-electron chi connectivity index (χ2n) is 3.57. The van der Waals surface area contributed by atoms with Crippen LogP contribution in [0.3, 0.4) is 0 Å². The highest BCUT2D eigenvalue weighted by molar-refractivity contribution is 5.96. The molecular weight excluding hydrogens is 198 g/mol. The van der Waals surface area contributed by atoms with Crippen LogP contribution in [0.5, 0.6) is 0 Å². The van der Waals surface area contributed by atoms with Crippen LogP contribution in [0.15, 0.2) is 42.6 Å². The molecule has 2 rings (SSSR count). The maximum absolute atomic E-state index is 11.2. The summed E-state index contributed by atoms with van der Waals surface area (Å²) in [5.74, 6) is 0.140. The molecule has 2 heteroatoms. The molecule has 0 N–H and O–H groups in total. The minimum absolute atomic E-state index is 0.140. The van der Waals surface area contributed by atoms with E-state index in [1.165, 1.54) is 0 Å². The maximum atomic E-state index is 11.2. The third-order valence-electron chi connectivity index (χ3n) is 2.48. The Hall–Kier alpha value is -1.96. The summed E-state index contributed by atoms with van der Waals surface area (Å²) in [5, 5.41) is 1.07. The normalized spacial score (nSPS) is 11.1. The summed E-state index contributed by atoms with van der Waals surface area (Å²) >= 11 is 0. The minimum Gasteiger partial charge on any atom is -0.295 e. The summed E-state index contributed by atoms with van der Waals surface area (Å²) in [4.78, 5) is 15.5. The number of hydrogen-bond donors (Lipinski definition) is 0. The van der Waals surface area contributed by atoms with Crippen LogP contribution in [-0.2, 0) is 4.79 Å². The number of allylic oxidation sites excluding steroid dienone is 1. The molecule has 0 fully saturated rings. The minimum atomic E-state index is 0.140. The van der Waals surface area contributed by atoms with Gasteiger partial charge in [-0.25, -0.2) is 0 Å². The summed E-state index contributed by atoms with van der Waals surface area (Å²) in [6.07, 6.45) is 5.79. The second-order valence-corrected chi connectivity index (χ2v) is 3.57. The van der Waals surface area contributed by atoms with Gasteiger partial charge in [-0.1, -0.05) is 31.2 Å². The van der Waals surface area contributed by atoms with Gasteiger partial charge in [0.15, 0.2) is 5.78 Å². The third-order valence-corrected chi connectivity index (χ3v) is 2.48. The smallest absolute Gasteiger partial charge is 0.155 e. The number of ketones is 1. The third kappa shape index (κ3) is 2.16. The van der Waals surface area contributed by atoms with E-state index in [0.29, 0.717) is 6.42 Å². The number of carbonyl (C=O) groups is 1. The summed E-state index contributed by atoms with van der Waals surface area (Å²) in [5.41, 5.74) is 1.99. The molecule has 0 radical (unpaired) electrons. The second kappa shape index (κ2) is 4.71. The van der Waals surface area contributed by atoms with Gasteiger partial charge < -0.3 is 0 Å². The standard InChI is InChI=1S/C14H13NO/c1-2-12(16)8-7-11-9-10-15-14-6-4-3-5-13(11)14/h3-10H,2H2,1H3. The van der Waals surface area contributed by atoms with E-state index in [1.54, 1.807) is 12.3 Å². The lowest BCUT2D eigenvalue weighted by Gasteiger charge is -2.00.